The second kappa shape index (κ2) is 6.51. The molecule has 3 heterocycles. The van der Waals surface area contributed by atoms with Crippen LogP contribution in [0.4, 0.5) is 14.5 Å². The minimum absolute atomic E-state index is 0.303. The highest BCUT2D eigenvalue weighted by atomic mass is 19.1. The van der Waals surface area contributed by atoms with Crippen LogP contribution in [0.15, 0.2) is 49.1 Å². The lowest BCUT2D eigenvalue weighted by Gasteiger charge is -2.11. The summed E-state index contributed by atoms with van der Waals surface area (Å²) in [6.07, 6.45) is 8.22. The molecule has 1 aliphatic carbocycles. The van der Waals surface area contributed by atoms with Crippen molar-refractivity contribution in [1.82, 2.24) is 19.4 Å². The van der Waals surface area contributed by atoms with E-state index in [1.807, 2.05) is 10.9 Å². The molecule has 1 saturated carbocycles. The summed E-state index contributed by atoms with van der Waals surface area (Å²) < 4.78 is 31.1. The number of anilines is 1. The fourth-order valence-corrected chi connectivity index (χ4v) is 3.37. The molecule has 0 radical (unpaired) electrons. The van der Waals surface area contributed by atoms with Gasteiger partial charge in [0.25, 0.3) is 5.91 Å². The largest absolute Gasteiger partial charge is 0.322 e. The van der Waals surface area contributed by atoms with Crippen molar-refractivity contribution in [3.8, 4) is 11.1 Å². The van der Waals surface area contributed by atoms with E-state index in [2.05, 4.69) is 15.5 Å². The van der Waals surface area contributed by atoms with Crippen molar-refractivity contribution in [3.05, 3.63) is 71.8 Å². The lowest BCUT2D eigenvalue weighted by molar-refractivity contribution is 0.102. The maximum Gasteiger partial charge on any atom is 0.259 e. The first-order chi connectivity index (χ1) is 14.0. The summed E-state index contributed by atoms with van der Waals surface area (Å²) in [6.45, 7) is 1.72. The number of nitrogens with one attached hydrogen (secondary N) is 1. The molecule has 0 atom stereocenters. The average molecular weight is 393 g/mol. The first kappa shape index (κ1) is 17.5. The van der Waals surface area contributed by atoms with E-state index in [4.69, 9.17) is 0 Å². The molecule has 0 saturated heterocycles. The Morgan fingerprint density at radius 2 is 1.97 bits per heavy atom. The van der Waals surface area contributed by atoms with Gasteiger partial charge in [-0.3, -0.25) is 9.48 Å². The second-order valence-electron chi connectivity index (χ2n) is 7.28. The van der Waals surface area contributed by atoms with Gasteiger partial charge < -0.3 is 5.32 Å². The Labute approximate surface area is 164 Å². The molecule has 4 aromatic rings. The van der Waals surface area contributed by atoms with Gasteiger partial charge in [0.15, 0.2) is 0 Å². The van der Waals surface area contributed by atoms with Gasteiger partial charge in [-0.15, -0.1) is 0 Å². The molecular formula is C21H17F2N5O. The van der Waals surface area contributed by atoms with E-state index >= 15 is 0 Å². The summed E-state index contributed by atoms with van der Waals surface area (Å²) in [5, 5.41) is 11.1. The lowest BCUT2D eigenvalue weighted by atomic mass is 10.0. The van der Waals surface area contributed by atoms with E-state index in [1.165, 1.54) is 35.1 Å². The molecule has 1 amide bonds. The van der Waals surface area contributed by atoms with E-state index in [0.29, 0.717) is 39.5 Å². The van der Waals surface area contributed by atoms with E-state index in [9.17, 15) is 13.6 Å². The highest BCUT2D eigenvalue weighted by Gasteiger charge is 2.25. The highest BCUT2D eigenvalue weighted by molar-refractivity contribution is 6.09. The zero-order valence-corrected chi connectivity index (χ0v) is 15.6. The van der Waals surface area contributed by atoms with Crippen LogP contribution in [0, 0.1) is 18.6 Å². The molecule has 6 nitrogen and oxygen atoms in total. The second-order valence-corrected chi connectivity index (χ2v) is 7.28. The van der Waals surface area contributed by atoms with E-state index in [1.54, 1.807) is 19.2 Å². The fourth-order valence-electron chi connectivity index (χ4n) is 3.37. The number of pyridine rings is 1. The van der Waals surface area contributed by atoms with Crippen LogP contribution in [0.25, 0.3) is 16.6 Å². The molecule has 8 heteroatoms. The van der Waals surface area contributed by atoms with Crippen molar-refractivity contribution in [1.29, 1.82) is 0 Å². The van der Waals surface area contributed by atoms with E-state index in [0.717, 1.165) is 12.8 Å². The molecule has 0 spiro atoms. The van der Waals surface area contributed by atoms with Crippen molar-refractivity contribution >= 4 is 17.1 Å². The summed E-state index contributed by atoms with van der Waals surface area (Å²) >= 11 is 0. The molecule has 146 valence electrons. The molecule has 1 N–H and O–H groups in total. The van der Waals surface area contributed by atoms with Crippen LogP contribution >= 0.6 is 0 Å². The Kier molecular flexibility index (Phi) is 3.94. The van der Waals surface area contributed by atoms with Gasteiger partial charge in [-0.1, -0.05) is 0 Å². The zero-order valence-electron chi connectivity index (χ0n) is 15.6. The summed E-state index contributed by atoms with van der Waals surface area (Å²) in [5.41, 5.74) is 2.91. The van der Waals surface area contributed by atoms with Crippen LogP contribution in [0.3, 0.4) is 0 Å². The van der Waals surface area contributed by atoms with Crippen LogP contribution in [-0.4, -0.2) is 25.3 Å². The Bertz CT molecular complexity index is 1260. The highest BCUT2D eigenvalue weighted by Crippen LogP contribution is 2.36. The number of nitrogens with zero attached hydrogens (tertiary/aromatic N) is 4. The van der Waals surface area contributed by atoms with Gasteiger partial charge in [0, 0.05) is 23.0 Å². The van der Waals surface area contributed by atoms with Gasteiger partial charge in [0.2, 0.25) is 0 Å². The molecule has 1 fully saturated rings. The first-order valence-corrected chi connectivity index (χ1v) is 9.28. The Morgan fingerprint density at radius 3 is 2.76 bits per heavy atom. The molecule has 3 aromatic heterocycles. The number of amides is 1. The SMILES string of the molecule is Cc1cc(F)c(-c2cnn(C3CC3)c2)cc1NC(=O)c1cnn2cc(F)ccc12. The van der Waals surface area contributed by atoms with Crippen LogP contribution < -0.4 is 5.32 Å². The number of hydrogen-bond acceptors (Lipinski definition) is 3. The standard InChI is InChI=1S/C21H17F2N5O/c1-12-6-18(23)16(13-8-24-27(10-13)15-3-4-15)7-19(12)26-21(29)17-9-25-28-11-14(22)2-5-20(17)28/h2,5-11,15H,3-4H2,1H3,(H,26,29). The van der Waals surface area contributed by atoms with Crippen LogP contribution in [-0.2, 0) is 0 Å². The van der Waals surface area contributed by atoms with Crippen LogP contribution in [0.5, 0.6) is 0 Å². The fraction of sp³-hybridized carbons (Fsp3) is 0.190. The number of carbonyl (C=O) groups is 1. The molecule has 5 rings (SSSR count). The van der Waals surface area contributed by atoms with E-state index in [-0.39, 0.29) is 5.82 Å². The molecule has 0 aliphatic heterocycles. The third kappa shape index (κ3) is 3.16. The summed E-state index contributed by atoms with van der Waals surface area (Å²) in [6, 6.07) is 6.17. The molecule has 0 bridgehead atoms. The number of aryl methyl sites for hydroxylation is 1. The number of rotatable bonds is 4. The summed E-state index contributed by atoms with van der Waals surface area (Å²) in [4.78, 5) is 12.8. The Balaban J connectivity index is 1.47. The normalized spacial score (nSPS) is 13.8. The van der Waals surface area contributed by atoms with Crippen molar-refractivity contribution in [2.45, 2.75) is 25.8 Å². The maximum absolute atomic E-state index is 14.6. The summed E-state index contributed by atoms with van der Waals surface area (Å²) in [7, 11) is 0. The molecule has 1 aliphatic rings. The third-order valence-corrected chi connectivity index (χ3v) is 5.12. The molecule has 0 unspecified atom stereocenters. The summed E-state index contributed by atoms with van der Waals surface area (Å²) in [5.74, 6) is -1.22. The lowest BCUT2D eigenvalue weighted by Crippen LogP contribution is -2.13. The number of aromatic nitrogens is 4. The van der Waals surface area contributed by atoms with Crippen LogP contribution in [0.1, 0.15) is 34.8 Å². The maximum atomic E-state index is 14.6. The van der Waals surface area contributed by atoms with Crippen molar-refractivity contribution in [2.24, 2.45) is 0 Å². The van der Waals surface area contributed by atoms with Crippen molar-refractivity contribution in [2.75, 3.05) is 5.32 Å². The smallest absolute Gasteiger partial charge is 0.259 e. The van der Waals surface area contributed by atoms with Gasteiger partial charge in [-0.05, 0) is 49.6 Å². The first-order valence-electron chi connectivity index (χ1n) is 9.28. The predicted molar refractivity (Wildman–Crippen MR) is 104 cm³/mol. The van der Waals surface area contributed by atoms with Crippen LogP contribution in [0.2, 0.25) is 0 Å². The number of hydrogen-bond donors (Lipinski definition) is 1. The Morgan fingerprint density at radius 1 is 1.14 bits per heavy atom. The van der Waals surface area contributed by atoms with Crippen molar-refractivity contribution in [3.63, 3.8) is 0 Å². The van der Waals surface area contributed by atoms with Gasteiger partial charge in [-0.2, -0.15) is 10.2 Å². The molecule has 1 aromatic carbocycles. The van der Waals surface area contributed by atoms with Gasteiger partial charge in [-0.25, -0.2) is 13.3 Å². The Hall–Kier alpha value is -3.55. The third-order valence-electron chi connectivity index (χ3n) is 5.12. The number of carbonyl (C=O) groups excluding carboxylic acids is 1. The molecule has 29 heavy (non-hydrogen) atoms. The quantitative estimate of drug-likeness (QED) is 0.560. The van der Waals surface area contributed by atoms with Gasteiger partial charge in [0.1, 0.15) is 11.6 Å². The zero-order chi connectivity index (χ0) is 20.1. The van der Waals surface area contributed by atoms with E-state index < -0.39 is 11.7 Å². The topological polar surface area (TPSA) is 64.2 Å². The number of benzene rings is 1. The monoisotopic (exact) mass is 393 g/mol. The van der Waals surface area contributed by atoms with Crippen molar-refractivity contribution < 1.29 is 13.6 Å². The predicted octanol–water partition coefficient (Wildman–Crippen LogP) is 4.37. The minimum atomic E-state index is -0.446. The number of fused-ring (bicyclic) bond motifs is 1. The van der Waals surface area contributed by atoms with Gasteiger partial charge in [0.05, 0.1) is 35.7 Å². The minimum Gasteiger partial charge on any atom is -0.322 e. The molecular weight excluding hydrogens is 376 g/mol. The average Bonchev–Trinajstić information content (AvgIpc) is 3.27. The van der Waals surface area contributed by atoms with Gasteiger partial charge >= 0.3 is 0 Å². The number of halogens is 2.